The third-order valence-corrected chi connectivity index (χ3v) is 2.86. The molecule has 0 aromatic heterocycles. The van der Waals surface area contributed by atoms with Crippen molar-refractivity contribution in [2.24, 2.45) is 0 Å². The first-order chi connectivity index (χ1) is 6.36. The van der Waals surface area contributed by atoms with E-state index < -0.39 is 0 Å². The van der Waals surface area contributed by atoms with Gasteiger partial charge in [0.1, 0.15) is 0 Å². The highest BCUT2D eigenvalue weighted by Gasteiger charge is 2.16. The molecule has 1 aromatic rings. The van der Waals surface area contributed by atoms with Crippen LogP contribution in [0.4, 0.5) is 0 Å². The van der Waals surface area contributed by atoms with Gasteiger partial charge in [0.15, 0.2) is 0 Å². The van der Waals surface area contributed by atoms with Crippen molar-refractivity contribution in [2.75, 3.05) is 0 Å². The summed E-state index contributed by atoms with van der Waals surface area (Å²) >= 11 is 0. The topological polar surface area (TPSA) is 0 Å². The Bertz CT molecular complexity index is 274. The maximum Gasteiger partial charge on any atom is -0.0108 e. The number of allylic oxidation sites excluding steroid dienone is 1. The molecule has 66 valence electrons. The molecule has 1 fully saturated rings. The molecule has 1 aliphatic rings. The summed E-state index contributed by atoms with van der Waals surface area (Å²) in [4.78, 5) is 0. The minimum atomic E-state index is 0.704. The Hall–Kier alpha value is -1.04. The van der Waals surface area contributed by atoms with Gasteiger partial charge in [-0.2, -0.15) is 0 Å². The molecule has 2 radical (unpaired) electrons. The second kappa shape index (κ2) is 3.78. The van der Waals surface area contributed by atoms with Crippen molar-refractivity contribution in [2.45, 2.75) is 31.6 Å². The second-order valence-corrected chi connectivity index (χ2v) is 3.79. The van der Waals surface area contributed by atoms with E-state index >= 15 is 0 Å². The fourth-order valence-corrected chi connectivity index (χ4v) is 2.02. The molecule has 0 heteroatoms. The van der Waals surface area contributed by atoms with Crippen molar-refractivity contribution in [3.05, 3.63) is 48.0 Å². The Labute approximate surface area is 80.3 Å². The molecule has 13 heavy (non-hydrogen) atoms. The molecule has 0 amide bonds. The molecule has 0 spiro atoms. The van der Waals surface area contributed by atoms with Gasteiger partial charge in [0.25, 0.3) is 0 Å². The number of rotatable bonds is 1. The van der Waals surface area contributed by atoms with Gasteiger partial charge in [-0.15, -0.1) is 0 Å². The molecular weight excluding hydrogens is 156 g/mol. The highest BCUT2D eigenvalue weighted by molar-refractivity contribution is 5.21. The van der Waals surface area contributed by atoms with Gasteiger partial charge in [-0.3, -0.25) is 0 Å². The summed E-state index contributed by atoms with van der Waals surface area (Å²) in [6.45, 7) is 7.54. The van der Waals surface area contributed by atoms with Gasteiger partial charge in [0, 0.05) is 0 Å². The highest BCUT2D eigenvalue weighted by atomic mass is 14.2. The quantitative estimate of drug-likeness (QED) is 0.604. The van der Waals surface area contributed by atoms with Crippen molar-refractivity contribution in [1.29, 1.82) is 0 Å². The normalized spacial score (nSPS) is 18.9. The molecule has 0 nitrogen and oxygen atoms in total. The van der Waals surface area contributed by atoms with Crippen LogP contribution in [0.1, 0.15) is 37.2 Å². The van der Waals surface area contributed by atoms with E-state index in [1.807, 2.05) is 0 Å². The minimum absolute atomic E-state index is 0.704. The van der Waals surface area contributed by atoms with Crippen LogP contribution >= 0.6 is 0 Å². The summed E-state index contributed by atoms with van der Waals surface area (Å²) in [6.07, 6.45) is 4.34. The Morgan fingerprint density at radius 2 is 1.62 bits per heavy atom. The molecule has 0 aliphatic heterocycles. The number of benzene rings is 1. The van der Waals surface area contributed by atoms with Gasteiger partial charge >= 0.3 is 0 Å². The predicted molar refractivity (Wildman–Crippen MR) is 54.4 cm³/mol. The van der Waals surface area contributed by atoms with Gasteiger partial charge in [0.2, 0.25) is 0 Å². The molecule has 1 aromatic carbocycles. The van der Waals surface area contributed by atoms with E-state index in [2.05, 4.69) is 30.3 Å². The van der Waals surface area contributed by atoms with E-state index in [1.54, 1.807) is 0 Å². The molecule has 1 saturated carbocycles. The zero-order chi connectivity index (χ0) is 9.10. The van der Waals surface area contributed by atoms with Crippen LogP contribution in [0.2, 0.25) is 0 Å². The van der Waals surface area contributed by atoms with E-state index in [4.69, 9.17) is 6.58 Å². The van der Waals surface area contributed by atoms with Crippen LogP contribution in [0.5, 0.6) is 0 Å². The average molecular weight is 170 g/mol. The first kappa shape index (κ1) is 8.55. The predicted octanol–water partition coefficient (Wildman–Crippen LogP) is 3.58. The van der Waals surface area contributed by atoms with Gasteiger partial charge < -0.3 is 0 Å². The monoisotopic (exact) mass is 170 g/mol. The molecule has 0 unspecified atom stereocenters. The third-order valence-electron chi connectivity index (χ3n) is 2.86. The van der Waals surface area contributed by atoms with Gasteiger partial charge in [-0.25, -0.2) is 0 Å². The third kappa shape index (κ3) is 2.00. The summed E-state index contributed by atoms with van der Waals surface area (Å²) < 4.78 is 0. The molecule has 0 atom stereocenters. The summed E-state index contributed by atoms with van der Waals surface area (Å²) in [6, 6.07) is 10.7. The lowest BCUT2D eigenvalue weighted by Gasteiger charge is -2.23. The van der Waals surface area contributed by atoms with Crippen LogP contribution < -0.4 is 0 Å². The Morgan fingerprint density at radius 1 is 1.00 bits per heavy atom. The Balaban J connectivity index is 2.07. The smallest absolute Gasteiger partial charge is 0.0108 e. The van der Waals surface area contributed by atoms with Crippen molar-refractivity contribution < 1.29 is 0 Å². The summed E-state index contributed by atoms with van der Waals surface area (Å²) in [5.74, 6) is 0.704. The lowest BCUT2D eigenvalue weighted by atomic mass is 9.82. The zero-order valence-electron chi connectivity index (χ0n) is 7.79. The first-order valence-electron chi connectivity index (χ1n) is 4.97. The van der Waals surface area contributed by atoms with E-state index in [0.29, 0.717) is 5.92 Å². The summed E-state index contributed by atoms with van der Waals surface area (Å²) in [7, 11) is 0. The van der Waals surface area contributed by atoms with Crippen LogP contribution in [-0.2, 0) is 0 Å². The van der Waals surface area contributed by atoms with Crippen LogP contribution in [0.15, 0.2) is 35.9 Å². The van der Waals surface area contributed by atoms with Gasteiger partial charge in [-0.1, -0.05) is 35.9 Å². The SMILES string of the molecule is [C]=C1CCC(c2ccccc2)CC1. The van der Waals surface area contributed by atoms with Gasteiger partial charge in [-0.05, 0) is 43.7 Å². The fraction of sp³-hybridized carbons (Fsp3) is 0.385. The standard InChI is InChI=1S/C13H14/c1-11-7-9-13(10-8-11)12-5-3-2-4-6-12/h2-6,13H,7-10H2. The van der Waals surface area contributed by atoms with E-state index in [-0.39, 0.29) is 0 Å². The Kier molecular flexibility index (Phi) is 2.49. The van der Waals surface area contributed by atoms with E-state index in [9.17, 15) is 0 Å². The fourth-order valence-electron chi connectivity index (χ4n) is 2.02. The van der Waals surface area contributed by atoms with Crippen LogP contribution in [0.25, 0.3) is 0 Å². The maximum atomic E-state index is 7.54. The van der Waals surface area contributed by atoms with Crippen molar-refractivity contribution in [3.8, 4) is 0 Å². The molecule has 1 aliphatic carbocycles. The summed E-state index contributed by atoms with van der Waals surface area (Å²) in [5, 5.41) is 0. The van der Waals surface area contributed by atoms with Crippen molar-refractivity contribution in [3.63, 3.8) is 0 Å². The molecular formula is C13H14. The zero-order valence-corrected chi connectivity index (χ0v) is 7.79. The largest absolute Gasteiger partial charge is 0.0622 e. The van der Waals surface area contributed by atoms with Crippen LogP contribution in [0, 0.1) is 6.58 Å². The molecule has 2 rings (SSSR count). The molecule has 0 heterocycles. The van der Waals surface area contributed by atoms with Crippen molar-refractivity contribution in [1.82, 2.24) is 0 Å². The van der Waals surface area contributed by atoms with Gasteiger partial charge in [0.05, 0.1) is 0 Å². The van der Waals surface area contributed by atoms with Crippen LogP contribution in [-0.4, -0.2) is 0 Å². The van der Waals surface area contributed by atoms with E-state index in [0.717, 1.165) is 18.4 Å². The maximum absolute atomic E-state index is 7.54. The minimum Gasteiger partial charge on any atom is -0.0622 e. The van der Waals surface area contributed by atoms with E-state index in [1.165, 1.54) is 18.4 Å². The van der Waals surface area contributed by atoms with Crippen LogP contribution in [0.3, 0.4) is 0 Å². The first-order valence-corrected chi connectivity index (χ1v) is 4.97. The number of hydrogen-bond acceptors (Lipinski definition) is 0. The molecule has 0 N–H and O–H groups in total. The average Bonchev–Trinajstić information content (AvgIpc) is 2.20. The number of hydrogen-bond donors (Lipinski definition) is 0. The summed E-state index contributed by atoms with van der Waals surface area (Å²) in [5.41, 5.74) is 2.39. The second-order valence-electron chi connectivity index (χ2n) is 3.79. The molecule has 0 saturated heterocycles. The lowest BCUT2D eigenvalue weighted by Crippen LogP contribution is -2.05. The van der Waals surface area contributed by atoms with Crippen molar-refractivity contribution >= 4 is 0 Å². The molecule has 0 bridgehead atoms. The Morgan fingerprint density at radius 3 is 2.23 bits per heavy atom. The lowest BCUT2D eigenvalue weighted by molar-refractivity contribution is 0.517. The highest BCUT2D eigenvalue weighted by Crippen LogP contribution is 2.34.